The number of ketones is 1. The van der Waals surface area contributed by atoms with E-state index < -0.39 is 17.4 Å². The molecule has 132 valence electrons. The minimum Gasteiger partial charge on any atom is -0.341 e. The molecule has 6 nitrogen and oxygen atoms in total. The fourth-order valence-electron chi connectivity index (χ4n) is 3.03. The summed E-state index contributed by atoms with van der Waals surface area (Å²) in [6.45, 7) is 1.14. The van der Waals surface area contributed by atoms with Crippen molar-refractivity contribution >= 4 is 11.7 Å². The van der Waals surface area contributed by atoms with Crippen LogP contribution in [0.1, 0.15) is 42.1 Å². The van der Waals surface area contributed by atoms with Crippen LogP contribution in [-0.2, 0) is 4.79 Å². The monoisotopic (exact) mass is 348 g/mol. The van der Waals surface area contributed by atoms with Crippen molar-refractivity contribution in [1.29, 1.82) is 0 Å². The smallest absolute Gasteiger partial charge is 0.223 e. The van der Waals surface area contributed by atoms with Crippen molar-refractivity contribution in [3.63, 3.8) is 0 Å². The van der Waals surface area contributed by atoms with Gasteiger partial charge < -0.3 is 4.90 Å². The van der Waals surface area contributed by atoms with Gasteiger partial charge in [-0.15, -0.1) is 0 Å². The van der Waals surface area contributed by atoms with Crippen LogP contribution in [0.5, 0.6) is 0 Å². The highest BCUT2D eigenvalue weighted by atomic mass is 19.1. The third-order valence-electron chi connectivity index (χ3n) is 4.36. The minimum absolute atomic E-state index is 0.000271. The number of Topliss-reactive ketones (excluding diaryl/α,β-unsaturated/α-hetero) is 1. The van der Waals surface area contributed by atoms with Gasteiger partial charge in [-0.1, -0.05) is 0 Å². The molecule has 1 aromatic carbocycles. The molecule has 2 heterocycles. The molecular formula is C17H18F2N4O2. The number of piperidine rings is 1. The number of amides is 1. The van der Waals surface area contributed by atoms with Crippen molar-refractivity contribution in [2.24, 2.45) is 0 Å². The van der Waals surface area contributed by atoms with E-state index in [2.05, 4.69) is 10.1 Å². The molecule has 0 N–H and O–H groups in total. The van der Waals surface area contributed by atoms with Crippen LogP contribution in [0.25, 0.3) is 0 Å². The molecule has 0 unspecified atom stereocenters. The zero-order chi connectivity index (χ0) is 17.8. The van der Waals surface area contributed by atoms with Crippen LogP contribution in [0.2, 0.25) is 0 Å². The van der Waals surface area contributed by atoms with E-state index in [1.807, 2.05) is 0 Å². The molecule has 1 amide bonds. The number of rotatable bonds is 5. The lowest BCUT2D eigenvalue weighted by molar-refractivity contribution is -0.132. The van der Waals surface area contributed by atoms with E-state index >= 15 is 0 Å². The van der Waals surface area contributed by atoms with Crippen LogP contribution in [0.3, 0.4) is 0 Å². The lowest BCUT2D eigenvalue weighted by atomic mass is 10.0. The highest BCUT2D eigenvalue weighted by Crippen LogP contribution is 2.21. The number of carbonyl (C=O) groups is 2. The molecule has 1 fully saturated rings. The summed E-state index contributed by atoms with van der Waals surface area (Å²) < 4.78 is 28.2. The number of aromatic nitrogens is 3. The summed E-state index contributed by atoms with van der Waals surface area (Å²) in [5.74, 6) is -2.30. The fourth-order valence-corrected chi connectivity index (χ4v) is 3.03. The maximum Gasteiger partial charge on any atom is 0.223 e. The van der Waals surface area contributed by atoms with Crippen molar-refractivity contribution in [2.45, 2.75) is 31.7 Å². The summed E-state index contributed by atoms with van der Waals surface area (Å²) in [5.41, 5.74) is -0.187. The third-order valence-corrected chi connectivity index (χ3v) is 4.36. The first-order valence-corrected chi connectivity index (χ1v) is 8.14. The van der Waals surface area contributed by atoms with Crippen molar-refractivity contribution in [3.05, 3.63) is 48.1 Å². The predicted molar refractivity (Wildman–Crippen MR) is 84.8 cm³/mol. The molecule has 0 radical (unpaired) electrons. The van der Waals surface area contributed by atoms with E-state index in [9.17, 15) is 18.4 Å². The van der Waals surface area contributed by atoms with Crippen LogP contribution in [-0.4, -0.2) is 44.4 Å². The van der Waals surface area contributed by atoms with Crippen LogP contribution < -0.4 is 0 Å². The molecule has 1 atom stereocenters. The maximum absolute atomic E-state index is 13.6. The standard InChI is InChI=1S/C17H18F2N4O2/c18-12-3-4-14(15(19)8-12)16(24)5-6-17(25)22-7-1-2-13(9-22)23-11-20-10-21-23/h3-4,8,10-11,13H,1-2,5-7,9H2/t13-/m0/s1. The van der Waals surface area contributed by atoms with E-state index in [1.165, 1.54) is 6.33 Å². The average molecular weight is 348 g/mol. The first-order chi connectivity index (χ1) is 12.0. The number of nitrogens with zero attached hydrogens (tertiary/aromatic N) is 4. The highest BCUT2D eigenvalue weighted by Gasteiger charge is 2.25. The minimum atomic E-state index is -0.901. The van der Waals surface area contributed by atoms with Gasteiger partial charge in [-0.05, 0) is 25.0 Å². The summed E-state index contributed by atoms with van der Waals surface area (Å²) in [7, 11) is 0. The Balaban J connectivity index is 1.56. The fraction of sp³-hybridized carbons (Fsp3) is 0.412. The first-order valence-electron chi connectivity index (χ1n) is 8.14. The number of halogens is 2. The first kappa shape index (κ1) is 17.2. The average Bonchev–Trinajstić information content (AvgIpc) is 3.14. The Bertz CT molecular complexity index is 764. The molecule has 0 spiro atoms. The second kappa shape index (κ2) is 7.50. The van der Waals surface area contributed by atoms with E-state index in [4.69, 9.17) is 0 Å². The summed E-state index contributed by atoms with van der Waals surface area (Å²) in [6.07, 6.45) is 4.73. The zero-order valence-electron chi connectivity index (χ0n) is 13.6. The normalized spacial score (nSPS) is 17.5. The van der Waals surface area contributed by atoms with Gasteiger partial charge in [0.1, 0.15) is 24.3 Å². The van der Waals surface area contributed by atoms with Crippen molar-refractivity contribution < 1.29 is 18.4 Å². The molecule has 25 heavy (non-hydrogen) atoms. The van der Waals surface area contributed by atoms with Gasteiger partial charge in [0.05, 0.1) is 11.6 Å². The molecule has 1 aliphatic rings. The Hall–Kier alpha value is -2.64. The van der Waals surface area contributed by atoms with E-state index in [0.29, 0.717) is 19.2 Å². The van der Waals surface area contributed by atoms with Crippen molar-refractivity contribution in [3.8, 4) is 0 Å². The largest absolute Gasteiger partial charge is 0.341 e. The van der Waals surface area contributed by atoms with Gasteiger partial charge >= 0.3 is 0 Å². The molecule has 0 bridgehead atoms. The van der Waals surface area contributed by atoms with Crippen molar-refractivity contribution in [1.82, 2.24) is 19.7 Å². The van der Waals surface area contributed by atoms with Gasteiger partial charge in [-0.3, -0.25) is 9.59 Å². The molecule has 0 saturated carbocycles. The number of hydrogen-bond donors (Lipinski definition) is 0. The summed E-state index contributed by atoms with van der Waals surface area (Å²) >= 11 is 0. The zero-order valence-corrected chi connectivity index (χ0v) is 13.6. The molecule has 0 aliphatic carbocycles. The van der Waals surface area contributed by atoms with Gasteiger partial charge in [0.2, 0.25) is 5.91 Å². The lowest BCUT2D eigenvalue weighted by Crippen LogP contribution is -2.40. The molecule has 8 heteroatoms. The van der Waals surface area contributed by atoms with Crippen LogP contribution in [0.15, 0.2) is 30.9 Å². The number of likely N-dealkylation sites (tertiary alicyclic amines) is 1. The highest BCUT2D eigenvalue weighted by molar-refractivity contribution is 5.98. The Morgan fingerprint density at radius 3 is 2.80 bits per heavy atom. The van der Waals surface area contributed by atoms with Gasteiger partial charge in [0, 0.05) is 32.0 Å². The Morgan fingerprint density at radius 1 is 1.24 bits per heavy atom. The lowest BCUT2D eigenvalue weighted by Gasteiger charge is -2.32. The number of carbonyl (C=O) groups excluding carboxylic acids is 2. The van der Waals surface area contributed by atoms with Crippen LogP contribution >= 0.6 is 0 Å². The quantitative estimate of drug-likeness (QED) is 0.778. The SMILES string of the molecule is O=C(CCC(=O)N1CCC[C@H](n2cncn2)C1)c1ccc(F)cc1F. The Morgan fingerprint density at radius 2 is 2.08 bits per heavy atom. The molecule has 1 aliphatic heterocycles. The van der Waals surface area contributed by atoms with Gasteiger partial charge in [0.25, 0.3) is 0 Å². The summed E-state index contributed by atoms with van der Waals surface area (Å²) in [4.78, 5) is 30.0. The number of hydrogen-bond acceptors (Lipinski definition) is 4. The molecule has 1 saturated heterocycles. The van der Waals surface area contributed by atoms with E-state index in [-0.39, 0.29) is 30.4 Å². The molecule has 2 aromatic rings. The second-order valence-corrected chi connectivity index (χ2v) is 6.06. The maximum atomic E-state index is 13.6. The summed E-state index contributed by atoms with van der Waals surface area (Å²) in [5, 5.41) is 4.11. The van der Waals surface area contributed by atoms with Gasteiger partial charge in [-0.2, -0.15) is 5.10 Å². The van der Waals surface area contributed by atoms with Crippen molar-refractivity contribution in [2.75, 3.05) is 13.1 Å². The van der Waals surface area contributed by atoms with Gasteiger partial charge in [-0.25, -0.2) is 18.4 Å². The number of benzene rings is 1. The second-order valence-electron chi connectivity index (χ2n) is 6.06. The summed E-state index contributed by atoms with van der Waals surface area (Å²) in [6, 6.07) is 2.89. The van der Waals surface area contributed by atoms with Gasteiger partial charge in [0.15, 0.2) is 5.78 Å². The van der Waals surface area contributed by atoms with Crippen LogP contribution in [0, 0.1) is 11.6 Å². The Kier molecular flexibility index (Phi) is 5.16. The van der Waals surface area contributed by atoms with E-state index in [1.54, 1.807) is 15.9 Å². The topological polar surface area (TPSA) is 68.1 Å². The predicted octanol–water partition coefficient (Wildman–Crippen LogP) is 2.38. The van der Waals surface area contributed by atoms with Crippen LogP contribution in [0.4, 0.5) is 8.78 Å². The molecule has 3 rings (SSSR count). The molecular weight excluding hydrogens is 330 g/mol. The Labute approximate surface area is 143 Å². The molecule has 1 aromatic heterocycles. The third kappa shape index (κ3) is 4.07. The van der Waals surface area contributed by atoms with E-state index in [0.717, 1.165) is 25.0 Å².